The Balaban J connectivity index is 1.73. The summed E-state index contributed by atoms with van der Waals surface area (Å²) in [5, 5.41) is 0.748. The Kier molecular flexibility index (Phi) is 5.46. The van der Waals surface area contributed by atoms with Gasteiger partial charge in [-0.25, -0.2) is 4.39 Å². The minimum Gasteiger partial charge on any atom is -0.460 e. The molecular weight excluding hydrogens is 321 g/mol. The van der Waals surface area contributed by atoms with E-state index in [-0.39, 0.29) is 5.82 Å². The first-order chi connectivity index (χ1) is 12.2. The van der Waals surface area contributed by atoms with Crippen LogP contribution in [0.15, 0.2) is 54.7 Å². The van der Waals surface area contributed by atoms with E-state index in [0.29, 0.717) is 26.2 Å². The topological polar surface area (TPSA) is 40.5 Å². The maximum absolute atomic E-state index is 13.6. The molecule has 3 aromatic rings. The third-order valence-electron chi connectivity index (χ3n) is 4.16. The lowest BCUT2D eigenvalue weighted by Gasteiger charge is -2.08. The van der Waals surface area contributed by atoms with Crippen LogP contribution in [0.2, 0.25) is 0 Å². The van der Waals surface area contributed by atoms with E-state index in [1.54, 1.807) is 13.0 Å². The molecule has 4 nitrogen and oxygen atoms in total. The monoisotopic (exact) mass is 341 g/mol. The van der Waals surface area contributed by atoms with Crippen LogP contribution in [0, 0.1) is 5.82 Å². The highest BCUT2D eigenvalue weighted by molar-refractivity contribution is 5.84. The minimum absolute atomic E-state index is 0.315. The molecule has 25 heavy (non-hydrogen) atoms. The van der Waals surface area contributed by atoms with Crippen molar-refractivity contribution in [3.8, 4) is 0 Å². The molecule has 1 unspecified atom stereocenters. The largest absolute Gasteiger partial charge is 0.460 e. The lowest BCUT2D eigenvalue weighted by molar-refractivity contribution is -0.133. The molecule has 0 fully saturated rings. The fourth-order valence-electron chi connectivity index (χ4n) is 2.89. The molecule has 0 saturated heterocycles. The van der Waals surface area contributed by atoms with Crippen molar-refractivity contribution in [2.45, 2.75) is 26.2 Å². The van der Waals surface area contributed by atoms with Crippen LogP contribution in [-0.4, -0.2) is 17.6 Å². The number of nitrogens with zero attached hydrogens (tertiary/aromatic N) is 1. The van der Waals surface area contributed by atoms with Crippen LogP contribution >= 0.6 is 0 Å². The summed E-state index contributed by atoms with van der Waals surface area (Å²) in [6.07, 6.45) is 1.46. The molecule has 0 N–H and O–H groups in total. The average Bonchev–Trinajstić information content (AvgIpc) is 2.98. The van der Waals surface area contributed by atoms with Gasteiger partial charge in [0.05, 0.1) is 13.2 Å². The second kappa shape index (κ2) is 7.94. The highest BCUT2D eigenvalue weighted by atomic mass is 19.1. The number of carbonyl (C=O) groups excluding carboxylic acids is 1. The quantitative estimate of drug-likeness (QED) is 0.455. The molecule has 2 aromatic carbocycles. The summed E-state index contributed by atoms with van der Waals surface area (Å²) in [7, 11) is 0. The normalized spacial score (nSPS) is 12.2. The zero-order valence-electron chi connectivity index (χ0n) is 14.0. The van der Waals surface area contributed by atoms with Crippen LogP contribution in [0.5, 0.6) is 0 Å². The number of halogens is 1. The van der Waals surface area contributed by atoms with Crippen molar-refractivity contribution in [1.82, 2.24) is 4.57 Å². The highest BCUT2D eigenvalue weighted by Crippen LogP contribution is 2.29. The van der Waals surface area contributed by atoms with Crippen LogP contribution in [0.1, 0.15) is 24.2 Å². The Bertz CT molecular complexity index is 845. The van der Waals surface area contributed by atoms with E-state index in [1.165, 1.54) is 12.1 Å². The molecule has 0 bridgehead atoms. The number of benzene rings is 2. The van der Waals surface area contributed by atoms with Gasteiger partial charge >= 0.3 is 0 Å². The van der Waals surface area contributed by atoms with E-state index in [9.17, 15) is 9.18 Å². The molecule has 0 amide bonds. The fraction of sp³-hybridized carbons (Fsp3) is 0.250. The van der Waals surface area contributed by atoms with Gasteiger partial charge in [-0.3, -0.25) is 4.79 Å². The fourth-order valence-corrected chi connectivity index (χ4v) is 2.89. The van der Waals surface area contributed by atoms with Crippen molar-refractivity contribution in [2.75, 3.05) is 6.61 Å². The smallest absolute Gasteiger partial charge is 0.293 e. The van der Waals surface area contributed by atoms with Gasteiger partial charge in [-0.15, -0.1) is 0 Å². The molecule has 1 heterocycles. The molecular formula is C20H20FNO3. The second-order valence-electron chi connectivity index (χ2n) is 5.85. The number of rotatable bonds is 8. The molecule has 1 aromatic heterocycles. The van der Waals surface area contributed by atoms with Crippen molar-refractivity contribution in [1.29, 1.82) is 0 Å². The molecule has 0 aliphatic carbocycles. The number of ether oxygens (including phenoxy) is 2. The summed E-state index contributed by atoms with van der Waals surface area (Å²) in [5.41, 5.74) is 2.79. The van der Waals surface area contributed by atoms with Crippen molar-refractivity contribution >= 4 is 17.4 Å². The van der Waals surface area contributed by atoms with Gasteiger partial charge in [-0.05, 0) is 30.7 Å². The molecule has 0 radical (unpaired) electrons. The van der Waals surface area contributed by atoms with Gasteiger partial charge in [-0.2, -0.15) is 0 Å². The lowest BCUT2D eigenvalue weighted by atomic mass is 10.1. The van der Waals surface area contributed by atoms with Gasteiger partial charge in [-0.1, -0.05) is 30.3 Å². The lowest BCUT2D eigenvalue weighted by Crippen LogP contribution is -2.05. The van der Waals surface area contributed by atoms with Crippen molar-refractivity contribution in [3.05, 3.63) is 71.7 Å². The molecule has 0 spiro atoms. The zero-order chi connectivity index (χ0) is 17.6. The summed E-state index contributed by atoms with van der Waals surface area (Å²) in [5.74, 6) is -0.315. The van der Waals surface area contributed by atoms with Crippen molar-refractivity contribution in [2.24, 2.45) is 0 Å². The van der Waals surface area contributed by atoms with E-state index in [4.69, 9.17) is 9.47 Å². The number of aromatic nitrogens is 1. The maximum Gasteiger partial charge on any atom is 0.293 e. The van der Waals surface area contributed by atoms with E-state index < -0.39 is 6.10 Å². The molecule has 5 heteroatoms. The van der Waals surface area contributed by atoms with Gasteiger partial charge in [0, 0.05) is 29.2 Å². The van der Waals surface area contributed by atoms with Crippen LogP contribution in [0.3, 0.4) is 0 Å². The number of fused-ring (bicyclic) bond motifs is 1. The molecule has 0 aliphatic rings. The third kappa shape index (κ3) is 4.06. The Morgan fingerprint density at radius 2 is 2.00 bits per heavy atom. The Hall–Kier alpha value is -2.66. The van der Waals surface area contributed by atoms with Crippen LogP contribution in [0.4, 0.5) is 4.39 Å². The van der Waals surface area contributed by atoms with Gasteiger partial charge < -0.3 is 14.0 Å². The summed E-state index contributed by atoms with van der Waals surface area (Å²) in [6, 6.07) is 14.6. The predicted molar refractivity (Wildman–Crippen MR) is 93.6 cm³/mol. The third-order valence-corrected chi connectivity index (χ3v) is 4.16. The maximum atomic E-state index is 13.6. The molecule has 0 saturated carbocycles. The van der Waals surface area contributed by atoms with Crippen LogP contribution in [-0.2, 0) is 27.4 Å². The highest BCUT2D eigenvalue weighted by Gasteiger charge is 2.15. The summed E-state index contributed by atoms with van der Waals surface area (Å²) < 4.78 is 26.4. The second-order valence-corrected chi connectivity index (χ2v) is 5.85. The average molecular weight is 341 g/mol. The Morgan fingerprint density at radius 3 is 2.76 bits per heavy atom. The standard InChI is InChI=1S/C20H20FNO3/c1-15(25-14-23)19-12-22(20-8-7-17(21)11-18(19)20)9-10-24-13-16-5-3-2-4-6-16/h2-8,11-12,14-15H,9-10,13H2,1H3. The minimum atomic E-state index is -0.437. The predicted octanol–water partition coefficient (Wildman–Crippen LogP) is 4.23. The van der Waals surface area contributed by atoms with Crippen LogP contribution < -0.4 is 0 Å². The summed E-state index contributed by atoms with van der Waals surface area (Å²) in [6.45, 7) is 3.88. The SMILES string of the molecule is CC(OC=O)c1cn(CCOCc2ccccc2)c2ccc(F)cc12. The van der Waals surface area contributed by atoms with E-state index >= 15 is 0 Å². The first-order valence-electron chi connectivity index (χ1n) is 8.18. The number of hydrogen-bond acceptors (Lipinski definition) is 3. The van der Waals surface area contributed by atoms with Crippen molar-refractivity contribution in [3.63, 3.8) is 0 Å². The summed E-state index contributed by atoms with van der Waals surface area (Å²) in [4.78, 5) is 10.6. The van der Waals surface area contributed by atoms with Gasteiger partial charge in [0.2, 0.25) is 0 Å². The zero-order valence-corrected chi connectivity index (χ0v) is 14.0. The molecule has 0 aliphatic heterocycles. The van der Waals surface area contributed by atoms with E-state index in [0.717, 1.165) is 22.0 Å². The van der Waals surface area contributed by atoms with Gasteiger partial charge in [0.25, 0.3) is 6.47 Å². The molecule has 130 valence electrons. The molecule has 1 atom stereocenters. The van der Waals surface area contributed by atoms with Gasteiger partial charge in [0.1, 0.15) is 11.9 Å². The van der Waals surface area contributed by atoms with Crippen molar-refractivity contribution < 1.29 is 18.7 Å². The van der Waals surface area contributed by atoms with Gasteiger partial charge in [0.15, 0.2) is 0 Å². The number of carbonyl (C=O) groups is 1. The summed E-state index contributed by atoms with van der Waals surface area (Å²) >= 11 is 0. The van der Waals surface area contributed by atoms with E-state index in [2.05, 4.69) is 0 Å². The molecule has 3 rings (SSSR count). The number of hydrogen-bond donors (Lipinski definition) is 0. The van der Waals surface area contributed by atoms with Crippen LogP contribution in [0.25, 0.3) is 10.9 Å². The Labute approximate surface area is 145 Å². The van der Waals surface area contributed by atoms with E-state index in [1.807, 2.05) is 41.1 Å². The Morgan fingerprint density at radius 1 is 1.20 bits per heavy atom. The first kappa shape index (κ1) is 17.2. The first-order valence-corrected chi connectivity index (χ1v) is 8.18.